The third kappa shape index (κ3) is 4.54. The molecule has 0 aliphatic rings. The lowest BCUT2D eigenvalue weighted by Crippen LogP contribution is -2.25. The average Bonchev–Trinajstić information content (AvgIpc) is 2.99. The van der Waals surface area contributed by atoms with Gasteiger partial charge in [-0.05, 0) is 48.6 Å². The molecule has 4 nitrogen and oxygen atoms in total. The van der Waals surface area contributed by atoms with Crippen LogP contribution in [0.2, 0.25) is 0 Å². The van der Waals surface area contributed by atoms with E-state index in [1.165, 1.54) is 16.5 Å². The highest BCUT2D eigenvalue weighted by Gasteiger charge is 2.07. The van der Waals surface area contributed by atoms with Crippen LogP contribution in [-0.4, -0.2) is 17.4 Å². The quantitative estimate of drug-likeness (QED) is 0.587. The molecule has 3 aromatic rings. The van der Waals surface area contributed by atoms with Gasteiger partial charge >= 0.3 is 0 Å². The fraction of sp³-hybridized carbons (Fsp3) is 0.250. The summed E-state index contributed by atoms with van der Waals surface area (Å²) in [6.45, 7) is 2.76. The van der Waals surface area contributed by atoms with E-state index in [0.717, 1.165) is 23.2 Å². The molecule has 0 saturated carbocycles. The molecule has 0 bridgehead atoms. The van der Waals surface area contributed by atoms with Crippen molar-refractivity contribution >= 4 is 34.9 Å². The average molecular weight is 358 g/mol. The maximum absolute atomic E-state index is 12.0. The maximum Gasteiger partial charge on any atom is 0.220 e. The summed E-state index contributed by atoms with van der Waals surface area (Å²) in [6, 6.07) is 13.9. The van der Waals surface area contributed by atoms with Crippen LogP contribution in [0.3, 0.4) is 0 Å². The molecule has 2 aromatic carbocycles. The standard InChI is InChI=1S/C20H23N3O.ClH/c1-14-5-4-8-18-20(14)16(13-23-18)11-12-22-19(24)10-9-15-6-2-3-7-17(15)21;/h2-8,13,23H,9-12,21H2,1H3,(H,22,24);1H. The summed E-state index contributed by atoms with van der Waals surface area (Å²) in [7, 11) is 0. The molecule has 0 fully saturated rings. The molecule has 0 saturated heterocycles. The Balaban J connectivity index is 0.00000225. The number of amides is 1. The molecular formula is C20H24ClN3O. The highest BCUT2D eigenvalue weighted by Crippen LogP contribution is 2.22. The molecule has 1 aromatic heterocycles. The monoisotopic (exact) mass is 357 g/mol. The lowest BCUT2D eigenvalue weighted by atomic mass is 10.1. The van der Waals surface area contributed by atoms with Crippen molar-refractivity contribution in [1.29, 1.82) is 0 Å². The Morgan fingerprint density at radius 1 is 1.08 bits per heavy atom. The van der Waals surface area contributed by atoms with Crippen LogP contribution in [0.25, 0.3) is 10.9 Å². The van der Waals surface area contributed by atoms with Gasteiger partial charge in [0.2, 0.25) is 5.91 Å². The number of aromatic nitrogens is 1. The summed E-state index contributed by atoms with van der Waals surface area (Å²) in [5.41, 5.74) is 11.3. The van der Waals surface area contributed by atoms with Crippen LogP contribution in [0.1, 0.15) is 23.1 Å². The zero-order valence-corrected chi connectivity index (χ0v) is 15.2. The minimum Gasteiger partial charge on any atom is -0.399 e. The van der Waals surface area contributed by atoms with Gasteiger partial charge in [0.15, 0.2) is 0 Å². The van der Waals surface area contributed by atoms with E-state index in [-0.39, 0.29) is 18.3 Å². The lowest BCUT2D eigenvalue weighted by Gasteiger charge is -2.07. The Kier molecular flexibility index (Phi) is 6.48. The number of nitrogens with one attached hydrogen (secondary N) is 2. The number of fused-ring (bicyclic) bond motifs is 1. The molecule has 132 valence electrons. The minimum absolute atomic E-state index is 0. The molecular weight excluding hydrogens is 334 g/mol. The fourth-order valence-electron chi connectivity index (χ4n) is 3.08. The minimum atomic E-state index is 0. The van der Waals surface area contributed by atoms with E-state index in [2.05, 4.69) is 35.4 Å². The first-order valence-corrected chi connectivity index (χ1v) is 8.31. The first kappa shape index (κ1) is 18.9. The smallest absolute Gasteiger partial charge is 0.220 e. The number of aryl methyl sites for hydroxylation is 2. The van der Waals surface area contributed by atoms with Crippen molar-refractivity contribution < 1.29 is 4.79 Å². The van der Waals surface area contributed by atoms with Crippen molar-refractivity contribution in [3.05, 3.63) is 65.4 Å². The van der Waals surface area contributed by atoms with Gasteiger partial charge in [-0.2, -0.15) is 0 Å². The maximum atomic E-state index is 12.0. The summed E-state index contributed by atoms with van der Waals surface area (Å²) in [5.74, 6) is 0.0646. The molecule has 0 spiro atoms. The number of anilines is 1. The summed E-state index contributed by atoms with van der Waals surface area (Å²) >= 11 is 0. The molecule has 0 unspecified atom stereocenters. The number of nitrogens with two attached hydrogens (primary N) is 1. The molecule has 0 radical (unpaired) electrons. The number of rotatable bonds is 6. The van der Waals surface area contributed by atoms with Gasteiger partial charge in [0.25, 0.3) is 0 Å². The van der Waals surface area contributed by atoms with E-state index >= 15 is 0 Å². The largest absolute Gasteiger partial charge is 0.399 e. The second-order valence-corrected chi connectivity index (χ2v) is 6.11. The van der Waals surface area contributed by atoms with Crippen LogP contribution < -0.4 is 11.1 Å². The van der Waals surface area contributed by atoms with Crippen LogP contribution in [0, 0.1) is 6.92 Å². The van der Waals surface area contributed by atoms with E-state index in [1.807, 2.05) is 30.5 Å². The number of nitrogen functional groups attached to an aromatic ring is 1. The molecule has 0 atom stereocenters. The van der Waals surface area contributed by atoms with Gasteiger partial charge in [-0.3, -0.25) is 4.79 Å². The second kappa shape index (κ2) is 8.58. The van der Waals surface area contributed by atoms with Gasteiger partial charge in [0, 0.05) is 35.8 Å². The van der Waals surface area contributed by atoms with Gasteiger partial charge < -0.3 is 16.0 Å². The van der Waals surface area contributed by atoms with Gasteiger partial charge in [-0.1, -0.05) is 30.3 Å². The van der Waals surface area contributed by atoms with Crippen LogP contribution >= 0.6 is 12.4 Å². The van der Waals surface area contributed by atoms with Gasteiger partial charge in [-0.15, -0.1) is 12.4 Å². The molecule has 1 amide bonds. The highest BCUT2D eigenvalue weighted by molar-refractivity contribution is 5.86. The van der Waals surface area contributed by atoms with Crippen LogP contribution in [-0.2, 0) is 17.6 Å². The van der Waals surface area contributed by atoms with E-state index in [1.54, 1.807) is 0 Å². The molecule has 5 heteroatoms. The number of halogens is 1. The number of para-hydroxylation sites is 1. The van der Waals surface area contributed by atoms with E-state index in [4.69, 9.17) is 5.73 Å². The topological polar surface area (TPSA) is 70.9 Å². The Bertz CT molecular complexity index is 857. The highest BCUT2D eigenvalue weighted by atomic mass is 35.5. The van der Waals surface area contributed by atoms with E-state index < -0.39 is 0 Å². The molecule has 4 N–H and O–H groups in total. The third-order valence-corrected chi connectivity index (χ3v) is 4.39. The zero-order valence-electron chi connectivity index (χ0n) is 14.3. The van der Waals surface area contributed by atoms with Gasteiger partial charge in [-0.25, -0.2) is 0 Å². The summed E-state index contributed by atoms with van der Waals surface area (Å²) < 4.78 is 0. The van der Waals surface area contributed by atoms with Crippen LogP contribution in [0.15, 0.2) is 48.7 Å². The van der Waals surface area contributed by atoms with Crippen molar-refractivity contribution in [2.45, 2.75) is 26.2 Å². The molecule has 1 heterocycles. The summed E-state index contributed by atoms with van der Waals surface area (Å²) in [6.07, 6.45) is 3.99. The number of carbonyl (C=O) groups is 1. The van der Waals surface area contributed by atoms with Gasteiger partial charge in [0.05, 0.1) is 0 Å². The summed E-state index contributed by atoms with van der Waals surface area (Å²) in [5, 5.41) is 4.27. The van der Waals surface area contributed by atoms with Crippen molar-refractivity contribution in [2.75, 3.05) is 12.3 Å². The zero-order chi connectivity index (χ0) is 16.9. The van der Waals surface area contributed by atoms with Crippen molar-refractivity contribution in [2.24, 2.45) is 0 Å². The predicted octanol–water partition coefficient (Wildman–Crippen LogP) is 3.77. The first-order valence-electron chi connectivity index (χ1n) is 8.31. The van der Waals surface area contributed by atoms with Gasteiger partial charge in [0.1, 0.15) is 0 Å². The fourth-order valence-corrected chi connectivity index (χ4v) is 3.08. The van der Waals surface area contributed by atoms with Crippen molar-refractivity contribution in [3.63, 3.8) is 0 Å². The number of H-pyrrole nitrogens is 1. The SMILES string of the molecule is Cc1cccc2[nH]cc(CCNC(=O)CCc3ccccc3N)c12.Cl. The molecule has 3 rings (SSSR count). The number of aromatic amines is 1. The number of hydrogen-bond acceptors (Lipinski definition) is 2. The van der Waals surface area contributed by atoms with Crippen molar-refractivity contribution in [3.8, 4) is 0 Å². The van der Waals surface area contributed by atoms with E-state index in [9.17, 15) is 4.79 Å². The van der Waals surface area contributed by atoms with Crippen LogP contribution in [0.4, 0.5) is 5.69 Å². The molecule has 0 aliphatic heterocycles. The number of hydrogen-bond donors (Lipinski definition) is 3. The molecule has 25 heavy (non-hydrogen) atoms. The normalized spacial score (nSPS) is 10.4. The van der Waals surface area contributed by atoms with Crippen molar-refractivity contribution in [1.82, 2.24) is 10.3 Å². The Morgan fingerprint density at radius 2 is 1.88 bits per heavy atom. The lowest BCUT2D eigenvalue weighted by molar-refractivity contribution is -0.121. The second-order valence-electron chi connectivity index (χ2n) is 6.11. The third-order valence-electron chi connectivity index (χ3n) is 4.39. The Morgan fingerprint density at radius 3 is 2.68 bits per heavy atom. The Labute approximate surface area is 154 Å². The number of carbonyl (C=O) groups excluding carboxylic acids is 1. The first-order chi connectivity index (χ1) is 11.6. The van der Waals surface area contributed by atoms with E-state index in [0.29, 0.717) is 19.4 Å². The Hall–Kier alpha value is -2.46. The predicted molar refractivity (Wildman–Crippen MR) is 106 cm³/mol. The number of benzene rings is 2. The summed E-state index contributed by atoms with van der Waals surface area (Å²) in [4.78, 5) is 15.3. The molecule has 0 aliphatic carbocycles. The van der Waals surface area contributed by atoms with Crippen LogP contribution in [0.5, 0.6) is 0 Å².